The number of aromatic carboxylic acids is 1. The maximum atomic E-state index is 11.2. The van der Waals surface area contributed by atoms with Gasteiger partial charge in [-0.05, 0) is 24.1 Å². The minimum atomic E-state index is -1.18. The predicted octanol–water partition coefficient (Wildman–Crippen LogP) is 3.27. The van der Waals surface area contributed by atoms with E-state index >= 15 is 0 Å². The van der Waals surface area contributed by atoms with Crippen molar-refractivity contribution in [2.24, 2.45) is 0 Å². The number of nitro groups is 1. The molecule has 0 bridgehead atoms. The Morgan fingerprint density at radius 1 is 1.21 bits per heavy atom. The maximum absolute atomic E-state index is 11.2. The summed E-state index contributed by atoms with van der Waals surface area (Å²) in [7, 11) is 0. The summed E-state index contributed by atoms with van der Waals surface area (Å²) < 4.78 is 0. The summed E-state index contributed by atoms with van der Waals surface area (Å²) in [6, 6.07) is 11.2. The van der Waals surface area contributed by atoms with Crippen LogP contribution in [0.3, 0.4) is 0 Å². The smallest absolute Gasteiger partial charge is 0.336 e. The van der Waals surface area contributed by atoms with E-state index in [1.54, 1.807) is 6.07 Å². The molecule has 2 rings (SSSR count). The molecule has 19 heavy (non-hydrogen) atoms. The van der Waals surface area contributed by atoms with Crippen LogP contribution in [-0.2, 0) is 0 Å². The molecule has 2 aromatic rings. The van der Waals surface area contributed by atoms with Crippen molar-refractivity contribution in [3.63, 3.8) is 0 Å². The van der Waals surface area contributed by atoms with Gasteiger partial charge in [-0.15, -0.1) is 0 Å². The summed E-state index contributed by atoms with van der Waals surface area (Å²) in [5.41, 5.74) is 1.90. The van der Waals surface area contributed by atoms with Crippen LogP contribution >= 0.6 is 0 Å². The zero-order valence-electron chi connectivity index (χ0n) is 10.2. The number of carbonyl (C=O) groups is 1. The van der Waals surface area contributed by atoms with Gasteiger partial charge in [-0.1, -0.05) is 29.8 Å². The first-order chi connectivity index (χ1) is 8.99. The normalized spacial score (nSPS) is 10.2. The fraction of sp³-hybridized carbons (Fsp3) is 0.0714. The summed E-state index contributed by atoms with van der Waals surface area (Å²) in [6.45, 7) is 1.90. The lowest BCUT2D eigenvalue weighted by Crippen LogP contribution is -2.01. The third-order valence-corrected chi connectivity index (χ3v) is 2.77. The molecule has 2 aromatic carbocycles. The third-order valence-electron chi connectivity index (χ3n) is 2.77. The van der Waals surface area contributed by atoms with Crippen LogP contribution < -0.4 is 0 Å². The molecule has 0 spiro atoms. The lowest BCUT2D eigenvalue weighted by molar-refractivity contribution is -0.384. The van der Waals surface area contributed by atoms with Gasteiger partial charge in [0, 0.05) is 12.1 Å². The molecule has 0 aromatic heterocycles. The van der Waals surface area contributed by atoms with Gasteiger partial charge in [0.2, 0.25) is 0 Å². The Morgan fingerprint density at radius 3 is 2.53 bits per heavy atom. The van der Waals surface area contributed by atoms with Crippen molar-refractivity contribution in [1.82, 2.24) is 0 Å². The van der Waals surface area contributed by atoms with Crippen LogP contribution in [-0.4, -0.2) is 16.0 Å². The number of carboxylic acids is 1. The molecule has 0 saturated carbocycles. The molecule has 0 radical (unpaired) electrons. The minimum Gasteiger partial charge on any atom is -0.478 e. The Morgan fingerprint density at radius 2 is 1.95 bits per heavy atom. The van der Waals surface area contributed by atoms with E-state index in [1.807, 2.05) is 25.1 Å². The van der Waals surface area contributed by atoms with Crippen LogP contribution in [0.5, 0.6) is 0 Å². The number of rotatable bonds is 3. The Labute approximate surface area is 109 Å². The topological polar surface area (TPSA) is 80.4 Å². The van der Waals surface area contributed by atoms with E-state index in [2.05, 4.69) is 0 Å². The monoisotopic (exact) mass is 257 g/mol. The maximum Gasteiger partial charge on any atom is 0.336 e. The zero-order chi connectivity index (χ0) is 14.0. The number of nitrogens with zero attached hydrogens (tertiary/aromatic N) is 1. The molecule has 0 aliphatic carbocycles. The molecule has 5 nitrogen and oxygen atoms in total. The summed E-state index contributed by atoms with van der Waals surface area (Å²) in [4.78, 5) is 21.3. The summed E-state index contributed by atoms with van der Waals surface area (Å²) >= 11 is 0. The number of hydrogen-bond donors (Lipinski definition) is 1. The Kier molecular flexibility index (Phi) is 3.29. The first-order valence-electron chi connectivity index (χ1n) is 5.58. The van der Waals surface area contributed by atoms with Gasteiger partial charge in [-0.2, -0.15) is 0 Å². The SMILES string of the molecule is Cc1cccc(-c2ccc([N+](=O)[O-])cc2C(=O)O)c1. The Hall–Kier alpha value is -2.69. The lowest BCUT2D eigenvalue weighted by Gasteiger charge is -2.07. The second kappa shape index (κ2) is 4.89. The van der Waals surface area contributed by atoms with E-state index in [4.69, 9.17) is 0 Å². The van der Waals surface area contributed by atoms with E-state index < -0.39 is 10.9 Å². The molecule has 5 heteroatoms. The van der Waals surface area contributed by atoms with E-state index in [-0.39, 0.29) is 11.3 Å². The second-order valence-corrected chi connectivity index (χ2v) is 4.16. The second-order valence-electron chi connectivity index (χ2n) is 4.16. The molecular formula is C14H11NO4. The van der Waals surface area contributed by atoms with Gasteiger partial charge in [0.15, 0.2) is 0 Å². The van der Waals surface area contributed by atoms with Gasteiger partial charge in [0.1, 0.15) is 0 Å². The Bertz CT molecular complexity index is 664. The largest absolute Gasteiger partial charge is 0.478 e. The summed E-state index contributed by atoms with van der Waals surface area (Å²) in [5, 5.41) is 19.9. The van der Waals surface area contributed by atoms with Crippen LogP contribution in [0.15, 0.2) is 42.5 Å². The van der Waals surface area contributed by atoms with Crippen LogP contribution in [0, 0.1) is 17.0 Å². The molecule has 0 aliphatic heterocycles. The van der Waals surface area contributed by atoms with E-state index in [0.29, 0.717) is 5.56 Å². The van der Waals surface area contributed by atoms with Gasteiger partial charge in [-0.25, -0.2) is 4.79 Å². The molecular weight excluding hydrogens is 246 g/mol. The van der Waals surface area contributed by atoms with Crippen LogP contribution in [0.25, 0.3) is 11.1 Å². The minimum absolute atomic E-state index is 0.0696. The van der Waals surface area contributed by atoms with Gasteiger partial charge in [0.05, 0.1) is 10.5 Å². The Balaban J connectivity index is 2.63. The van der Waals surface area contributed by atoms with Gasteiger partial charge in [0.25, 0.3) is 5.69 Å². The van der Waals surface area contributed by atoms with Crippen molar-refractivity contribution in [2.75, 3.05) is 0 Å². The molecule has 1 N–H and O–H groups in total. The van der Waals surface area contributed by atoms with E-state index in [1.165, 1.54) is 12.1 Å². The number of aryl methyl sites for hydroxylation is 1. The van der Waals surface area contributed by atoms with Crippen LogP contribution in [0.4, 0.5) is 5.69 Å². The van der Waals surface area contributed by atoms with Crippen LogP contribution in [0.1, 0.15) is 15.9 Å². The number of benzene rings is 2. The number of nitro benzene ring substituents is 1. The lowest BCUT2D eigenvalue weighted by atomic mass is 9.98. The predicted molar refractivity (Wildman–Crippen MR) is 70.2 cm³/mol. The van der Waals surface area contributed by atoms with Gasteiger partial charge >= 0.3 is 5.97 Å². The average molecular weight is 257 g/mol. The van der Waals surface area contributed by atoms with Crippen molar-refractivity contribution < 1.29 is 14.8 Å². The first-order valence-corrected chi connectivity index (χ1v) is 5.58. The summed E-state index contributed by atoms with van der Waals surface area (Å²) in [5.74, 6) is -1.18. The molecule has 0 amide bonds. The van der Waals surface area contributed by atoms with Crippen molar-refractivity contribution in [3.05, 3.63) is 63.7 Å². The highest BCUT2D eigenvalue weighted by molar-refractivity contribution is 5.96. The highest BCUT2D eigenvalue weighted by atomic mass is 16.6. The molecule has 0 heterocycles. The van der Waals surface area contributed by atoms with E-state index in [0.717, 1.165) is 17.2 Å². The molecule has 0 fully saturated rings. The average Bonchev–Trinajstić information content (AvgIpc) is 2.37. The molecule has 0 unspecified atom stereocenters. The van der Waals surface area contributed by atoms with Crippen molar-refractivity contribution in [2.45, 2.75) is 6.92 Å². The molecule has 0 atom stereocenters. The van der Waals surface area contributed by atoms with Crippen LogP contribution in [0.2, 0.25) is 0 Å². The fourth-order valence-corrected chi connectivity index (χ4v) is 1.89. The fourth-order valence-electron chi connectivity index (χ4n) is 1.89. The number of non-ortho nitro benzene ring substituents is 1. The zero-order valence-corrected chi connectivity index (χ0v) is 10.2. The number of hydrogen-bond acceptors (Lipinski definition) is 3. The van der Waals surface area contributed by atoms with Crippen molar-refractivity contribution >= 4 is 11.7 Å². The molecule has 96 valence electrons. The molecule has 0 aliphatic rings. The standard InChI is InChI=1S/C14H11NO4/c1-9-3-2-4-10(7-9)12-6-5-11(15(18)19)8-13(12)14(16)17/h2-8H,1H3,(H,16,17). The third kappa shape index (κ3) is 2.60. The van der Waals surface area contributed by atoms with Gasteiger partial charge < -0.3 is 5.11 Å². The first kappa shape index (κ1) is 12.8. The highest BCUT2D eigenvalue weighted by Gasteiger charge is 2.16. The molecule has 0 saturated heterocycles. The van der Waals surface area contributed by atoms with Gasteiger partial charge in [-0.3, -0.25) is 10.1 Å². The number of carboxylic acid groups (broad SMARTS) is 1. The van der Waals surface area contributed by atoms with E-state index in [9.17, 15) is 20.0 Å². The quantitative estimate of drug-likeness (QED) is 0.675. The van der Waals surface area contributed by atoms with Crippen molar-refractivity contribution in [1.29, 1.82) is 0 Å². The van der Waals surface area contributed by atoms with Crippen molar-refractivity contribution in [3.8, 4) is 11.1 Å². The highest BCUT2D eigenvalue weighted by Crippen LogP contribution is 2.28. The summed E-state index contributed by atoms with van der Waals surface area (Å²) in [6.07, 6.45) is 0.